The zero-order chi connectivity index (χ0) is 10.6. The van der Waals surface area contributed by atoms with Gasteiger partial charge < -0.3 is 5.32 Å². The van der Waals surface area contributed by atoms with Gasteiger partial charge in [0, 0.05) is 6.04 Å². The van der Waals surface area contributed by atoms with Crippen LogP contribution in [0.3, 0.4) is 0 Å². The van der Waals surface area contributed by atoms with Gasteiger partial charge in [-0.2, -0.15) is 5.10 Å². The van der Waals surface area contributed by atoms with Gasteiger partial charge in [0.15, 0.2) is 0 Å². The van der Waals surface area contributed by atoms with E-state index in [9.17, 15) is 0 Å². The van der Waals surface area contributed by atoms with E-state index in [-0.39, 0.29) is 0 Å². The van der Waals surface area contributed by atoms with Gasteiger partial charge >= 0.3 is 0 Å². The highest BCUT2D eigenvalue weighted by Gasteiger charge is 2.01. The first kappa shape index (κ1) is 11.0. The van der Waals surface area contributed by atoms with Crippen molar-refractivity contribution in [2.45, 2.75) is 40.2 Å². The summed E-state index contributed by atoms with van der Waals surface area (Å²) < 4.78 is 0. The first-order valence-corrected chi connectivity index (χ1v) is 5.17. The summed E-state index contributed by atoms with van der Waals surface area (Å²) in [6.45, 7) is 8.54. The van der Waals surface area contributed by atoms with Gasteiger partial charge in [-0.1, -0.05) is 13.8 Å². The highest BCUT2D eigenvalue weighted by molar-refractivity contribution is 5.33. The molecule has 0 saturated carbocycles. The Morgan fingerprint density at radius 2 is 1.86 bits per heavy atom. The van der Waals surface area contributed by atoms with Crippen LogP contribution < -0.4 is 5.32 Å². The molecule has 0 atom stereocenters. The number of rotatable bonds is 4. The Kier molecular flexibility index (Phi) is 3.86. The molecule has 0 unspecified atom stereocenters. The molecular formula is C11H19N3. The first-order valence-electron chi connectivity index (χ1n) is 5.17. The molecule has 0 radical (unpaired) electrons. The van der Waals surface area contributed by atoms with Crippen LogP contribution in [0, 0.1) is 5.92 Å². The van der Waals surface area contributed by atoms with E-state index in [1.807, 2.05) is 12.1 Å². The fraction of sp³-hybridized carbons (Fsp3) is 0.636. The molecular weight excluding hydrogens is 174 g/mol. The van der Waals surface area contributed by atoms with Crippen LogP contribution in [0.1, 0.15) is 33.4 Å². The van der Waals surface area contributed by atoms with E-state index in [4.69, 9.17) is 0 Å². The average Bonchev–Trinajstić information content (AvgIpc) is 2.06. The lowest BCUT2D eigenvalue weighted by molar-refractivity contribution is 0.628. The van der Waals surface area contributed by atoms with Gasteiger partial charge in [0.2, 0.25) is 0 Å². The molecule has 0 aromatic carbocycles. The fourth-order valence-electron chi connectivity index (χ4n) is 1.26. The Morgan fingerprint density at radius 1 is 1.14 bits per heavy atom. The second-order valence-corrected chi connectivity index (χ2v) is 4.31. The SMILES string of the molecule is CC(C)Cc1ccc(NC(C)C)nn1. The lowest BCUT2D eigenvalue weighted by Gasteiger charge is -2.08. The predicted octanol–water partition coefficient (Wildman–Crippen LogP) is 2.50. The van der Waals surface area contributed by atoms with Crippen molar-refractivity contribution in [3.05, 3.63) is 17.8 Å². The van der Waals surface area contributed by atoms with Gasteiger partial charge in [-0.25, -0.2) is 0 Å². The molecule has 1 aromatic rings. The van der Waals surface area contributed by atoms with Gasteiger partial charge in [0.25, 0.3) is 0 Å². The molecule has 3 nitrogen and oxygen atoms in total. The third-order valence-electron chi connectivity index (χ3n) is 1.77. The largest absolute Gasteiger partial charge is 0.366 e. The van der Waals surface area contributed by atoms with E-state index >= 15 is 0 Å². The molecule has 0 amide bonds. The topological polar surface area (TPSA) is 37.8 Å². The van der Waals surface area contributed by atoms with Crippen molar-refractivity contribution in [2.24, 2.45) is 5.92 Å². The summed E-state index contributed by atoms with van der Waals surface area (Å²) in [4.78, 5) is 0. The second-order valence-electron chi connectivity index (χ2n) is 4.31. The van der Waals surface area contributed by atoms with Crippen LogP contribution in [0.2, 0.25) is 0 Å². The van der Waals surface area contributed by atoms with Gasteiger partial charge in [-0.05, 0) is 38.3 Å². The Labute approximate surface area is 85.9 Å². The van der Waals surface area contributed by atoms with E-state index in [1.165, 1.54) is 0 Å². The van der Waals surface area contributed by atoms with Crippen molar-refractivity contribution >= 4 is 5.82 Å². The highest BCUT2D eigenvalue weighted by Crippen LogP contribution is 2.07. The van der Waals surface area contributed by atoms with Crippen molar-refractivity contribution in [1.82, 2.24) is 10.2 Å². The van der Waals surface area contributed by atoms with Crippen molar-refractivity contribution < 1.29 is 0 Å². The molecule has 1 N–H and O–H groups in total. The van der Waals surface area contributed by atoms with Crippen LogP contribution >= 0.6 is 0 Å². The van der Waals surface area contributed by atoms with Crippen LogP contribution in [0.15, 0.2) is 12.1 Å². The molecule has 0 saturated heterocycles. The quantitative estimate of drug-likeness (QED) is 0.798. The Hall–Kier alpha value is -1.12. The molecule has 1 heterocycles. The lowest BCUT2D eigenvalue weighted by atomic mass is 10.1. The molecule has 0 aliphatic carbocycles. The van der Waals surface area contributed by atoms with Crippen molar-refractivity contribution in [3.8, 4) is 0 Å². The summed E-state index contributed by atoms with van der Waals surface area (Å²) in [6, 6.07) is 4.43. The molecule has 14 heavy (non-hydrogen) atoms. The summed E-state index contributed by atoms with van der Waals surface area (Å²) in [5.41, 5.74) is 1.06. The lowest BCUT2D eigenvalue weighted by Crippen LogP contribution is -2.12. The van der Waals surface area contributed by atoms with E-state index in [0.717, 1.165) is 17.9 Å². The monoisotopic (exact) mass is 193 g/mol. The fourth-order valence-corrected chi connectivity index (χ4v) is 1.26. The molecule has 0 bridgehead atoms. The normalized spacial score (nSPS) is 11.0. The Balaban J connectivity index is 2.59. The average molecular weight is 193 g/mol. The molecule has 0 aliphatic heterocycles. The minimum absolute atomic E-state index is 0.403. The van der Waals surface area contributed by atoms with Crippen molar-refractivity contribution in [1.29, 1.82) is 0 Å². The summed E-state index contributed by atoms with van der Waals surface area (Å²) in [6.07, 6.45) is 0.995. The van der Waals surface area contributed by atoms with Gasteiger partial charge in [-0.3, -0.25) is 0 Å². The van der Waals surface area contributed by atoms with Crippen LogP contribution in [-0.4, -0.2) is 16.2 Å². The molecule has 1 aromatic heterocycles. The number of nitrogens with one attached hydrogen (secondary N) is 1. The number of nitrogens with zero attached hydrogens (tertiary/aromatic N) is 2. The minimum Gasteiger partial charge on any atom is -0.366 e. The van der Waals surface area contributed by atoms with Crippen molar-refractivity contribution in [3.63, 3.8) is 0 Å². The van der Waals surface area contributed by atoms with Gasteiger partial charge in [0.1, 0.15) is 5.82 Å². The summed E-state index contributed by atoms with van der Waals surface area (Å²) >= 11 is 0. The summed E-state index contributed by atoms with van der Waals surface area (Å²) in [5, 5.41) is 11.5. The number of aromatic nitrogens is 2. The molecule has 3 heteroatoms. The first-order chi connectivity index (χ1) is 6.58. The van der Waals surface area contributed by atoms with Gasteiger partial charge in [0.05, 0.1) is 5.69 Å². The summed E-state index contributed by atoms with van der Waals surface area (Å²) in [5.74, 6) is 1.49. The maximum atomic E-state index is 4.16. The summed E-state index contributed by atoms with van der Waals surface area (Å²) in [7, 11) is 0. The van der Waals surface area contributed by atoms with E-state index in [2.05, 4.69) is 43.2 Å². The molecule has 78 valence electrons. The Bertz CT molecular complexity index is 235. The zero-order valence-electron chi connectivity index (χ0n) is 9.41. The predicted molar refractivity (Wildman–Crippen MR) is 59.3 cm³/mol. The van der Waals surface area contributed by atoms with E-state index in [0.29, 0.717) is 12.0 Å². The molecule has 0 aliphatic rings. The number of hydrogen-bond acceptors (Lipinski definition) is 3. The molecule has 0 spiro atoms. The number of hydrogen-bond donors (Lipinski definition) is 1. The van der Waals surface area contributed by atoms with Gasteiger partial charge in [-0.15, -0.1) is 5.10 Å². The maximum absolute atomic E-state index is 4.16. The number of anilines is 1. The van der Waals surface area contributed by atoms with Crippen LogP contribution in [0.5, 0.6) is 0 Å². The zero-order valence-corrected chi connectivity index (χ0v) is 9.41. The van der Waals surface area contributed by atoms with E-state index in [1.54, 1.807) is 0 Å². The van der Waals surface area contributed by atoms with Crippen molar-refractivity contribution in [2.75, 3.05) is 5.32 Å². The highest BCUT2D eigenvalue weighted by atomic mass is 15.2. The minimum atomic E-state index is 0.403. The van der Waals surface area contributed by atoms with Crippen LogP contribution in [0.4, 0.5) is 5.82 Å². The Morgan fingerprint density at radius 3 is 2.29 bits per heavy atom. The third-order valence-corrected chi connectivity index (χ3v) is 1.77. The van der Waals surface area contributed by atoms with Crippen LogP contribution in [-0.2, 0) is 6.42 Å². The van der Waals surface area contributed by atoms with Crippen LogP contribution in [0.25, 0.3) is 0 Å². The standard InChI is InChI=1S/C11H19N3/c1-8(2)7-10-5-6-11(14-13-10)12-9(3)4/h5-6,8-9H,7H2,1-4H3,(H,12,14). The van der Waals surface area contributed by atoms with E-state index < -0.39 is 0 Å². The third kappa shape index (κ3) is 3.73. The molecule has 0 fully saturated rings. The second kappa shape index (κ2) is 4.94. The maximum Gasteiger partial charge on any atom is 0.148 e. The molecule has 1 rings (SSSR count). The smallest absolute Gasteiger partial charge is 0.148 e.